The number of hydrogen-bond acceptors (Lipinski definition) is 3. The number of benzene rings is 1. The molecule has 0 aliphatic heterocycles. The van der Waals surface area contributed by atoms with E-state index in [1.807, 2.05) is 18.2 Å². The van der Waals surface area contributed by atoms with E-state index in [0.29, 0.717) is 12.2 Å². The molecule has 4 nitrogen and oxygen atoms in total. The zero-order valence-electron chi connectivity index (χ0n) is 10.6. The third-order valence-electron chi connectivity index (χ3n) is 3.18. The molecule has 0 heterocycles. The average molecular weight is 249 g/mol. The molecular weight excluding hydrogens is 230 g/mol. The molecule has 0 saturated heterocycles. The summed E-state index contributed by atoms with van der Waals surface area (Å²) in [5, 5.41) is 0. The van der Waals surface area contributed by atoms with Gasteiger partial charge in [0.1, 0.15) is 0 Å². The van der Waals surface area contributed by atoms with Crippen LogP contribution < -0.4 is 5.48 Å². The number of hydrogen-bond donors (Lipinski definition) is 1. The largest absolute Gasteiger partial charge is 0.380 e. The first kappa shape index (κ1) is 13.1. The van der Waals surface area contributed by atoms with Crippen molar-refractivity contribution < 1.29 is 14.4 Å². The first-order chi connectivity index (χ1) is 8.81. The van der Waals surface area contributed by atoms with E-state index in [2.05, 4.69) is 5.48 Å². The highest BCUT2D eigenvalue weighted by atomic mass is 16.7. The number of carbonyl (C=O) groups is 1. The van der Waals surface area contributed by atoms with E-state index < -0.39 is 0 Å². The molecule has 0 unspecified atom stereocenters. The van der Waals surface area contributed by atoms with Crippen LogP contribution in [-0.4, -0.2) is 19.1 Å². The van der Waals surface area contributed by atoms with Crippen molar-refractivity contribution in [3.05, 3.63) is 35.4 Å². The Balaban J connectivity index is 1.94. The molecule has 98 valence electrons. The third-order valence-corrected chi connectivity index (χ3v) is 3.18. The lowest BCUT2D eigenvalue weighted by molar-refractivity contribution is -0.0126. The zero-order chi connectivity index (χ0) is 12.8. The second-order valence-corrected chi connectivity index (χ2v) is 4.55. The molecule has 0 spiro atoms. The van der Waals surface area contributed by atoms with Crippen LogP contribution in [0, 0.1) is 0 Å². The van der Waals surface area contributed by atoms with Crippen molar-refractivity contribution in [2.45, 2.75) is 38.4 Å². The molecule has 0 bridgehead atoms. The van der Waals surface area contributed by atoms with E-state index >= 15 is 0 Å². The van der Waals surface area contributed by atoms with Crippen LogP contribution in [0.25, 0.3) is 0 Å². The molecule has 1 fully saturated rings. The maximum atomic E-state index is 12.0. The van der Waals surface area contributed by atoms with Crippen LogP contribution in [0.15, 0.2) is 24.3 Å². The molecule has 0 atom stereocenters. The van der Waals surface area contributed by atoms with Crippen molar-refractivity contribution in [3.8, 4) is 0 Å². The Bertz CT molecular complexity index is 400. The van der Waals surface area contributed by atoms with E-state index in [-0.39, 0.29) is 12.0 Å². The minimum absolute atomic E-state index is 0.170. The van der Waals surface area contributed by atoms with Gasteiger partial charge in [-0.15, -0.1) is 0 Å². The Labute approximate surface area is 107 Å². The van der Waals surface area contributed by atoms with Gasteiger partial charge in [0.15, 0.2) is 0 Å². The highest BCUT2D eigenvalue weighted by Crippen LogP contribution is 2.20. The van der Waals surface area contributed by atoms with Crippen molar-refractivity contribution >= 4 is 5.91 Å². The molecule has 18 heavy (non-hydrogen) atoms. The predicted molar refractivity (Wildman–Crippen MR) is 68.0 cm³/mol. The van der Waals surface area contributed by atoms with E-state index in [4.69, 9.17) is 9.57 Å². The first-order valence-corrected chi connectivity index (χ1v) is 6.34. The monoisotopic (exact) mass is 249 g/mol. The van der Waals surface area contributed by atoms with E-state index in [0.717, 1.165) is 18.4 Å². The Kier molecular flexibility index (Phi) is 4.73. The molecule has 1 aliphatic rings. The fourth-order valence-electron chi connectivity index (χ4n) is 2.22. The summed E-state index contributed by atoms with van der Waals surface area (Å²) >= 11 is 0. The number of ether oxygens (including phenoxy) is 1. The smallest absolute Gasteiger partial charge is 0.275 e. The van der Waals surface area contributed by atoms with Gasteiger partial charge < -0.3 is 4.74 Å². The summed E-state index contributed by atoms with van der Waals surface area (Å²) < 4.78 is 5.08. The molecule has 1 amide bonds. The molecule has 2 rings (SSSR count). The lowest BCUT2D eigenvalue weighted by Gasteiger charge is -2.13. The fraction of sp³-hybridized carbons (Fsp3) is 0.500. The maximum absolute atomic E-state index is 12.0. The number of rotatable bonds is 5. The van der Waals surface area contributed by atoms with Gasteiger partial charge in [0.05, 0.1) is 12.7 Å². The summed E-state index contributed by atoms with van der Waals surface area (Å²) in [4.78, 5) is 17.4. The van der Waals surface area contributed by atoms with E-state index in [1.54, 1.807) is 13.2 Å². The Morgan fingerprint density at radius 3 is 2.78 bits per heavy atom. The molecule has 4 heteroatoms. The predicted octanol–water partition coefficient (Wildman–Crippen LogP) is 2.44. The summed E-state index contributed by atoms with van der Waals surface area (Å²) in [5.74, 6) is -0.199. The van der Waals surface area contributed by atoms with Gasteiger partial charge in [0.2, 0.25) is 0 Å². The lowest BCUT2D eigenvalue weighted by atomic mass is 10.1. The fourth-order valence-corrected chi connectivity index (χ4v) is 2.22. The van der Waals surface area contributed by atoms with Crippen LogP contribution in [0.4, 0.5) is 0 Å². The van der Waals surface area contributed by atoms with Gasteiger partial charge in [-0.3, -0.25) is 9.63 Å². The van der Waals surface area contributed by atoms with Crippen LogP contribution in [0.1, 0.15) is 41.6 Å². The van der Waals surface area contributed by atoms with Gasteiger partial charge in [-0.1, -0.05) is 31.0 Å². The van der Waals surface area contributed by atoms with Crippen molar-refractivity contribution in [3.63, 3.8) is 0 Å². The molecule has 1 aliphatic carbocycles. The van der Waals surface area contributed by atoms with Crippen LogP contribution in [0.3, 0.4) is 0 Å². The summed E-state index contributed by atoms with van der Waals surface area (Å²) in [6.07, 6.45) is 4.59. The lowest BCUT2D eigenvalue weighted by Crippen LogP contribution is -2.29. The van der Waals surface area contributed by atoms with E-state index in [1.165, 1.54) is 12.8 Å². The minimum atomic E-state index is -0.199. The Morgan fingerprint density at radius 2 is 2.06 bits per heavy atom. The minimum Gasteiger partial charge on any atom is -0.380 e. The van der Waals surface area contributed by atoms with Crippen LogP contribution >= 0.6 is 0 Å². The molecule has 0 aromatic heterocycles. The van der Waals surface area contributed by atoms with Crippen molar-refractivity contribution in [1.29, 1.82) is 0 Å². The summed E-state index contributed by atoms with van der Waals surface area (Å²) in [6.45, 7) is 0.424. The highest BCUT2D eigenvalue weighted by molar-refractivity contribution is 5.94. The molecule has 1 N–H and O–H groups in total. The molecule has 1 aromatic rings. The van der Waals surface area contributed by atoms with Crippen molar-refractivity contribution in [2.24, 2.45) is 0 Å². The second kappa shape index (κ2) is 6.52. The molecule has 1 aromatic carbocycles. The third kappa shape index (κ3) is 3.31. The van der Waals surface area contributed by atoms with Crippen molar-refractivity contribution in [2.75, 3.05) is 7.11 Å². The standard InChI is InChI=1S/C14H19NO3/c1-17-10-11-6-2-5-9-13(11)14(16)15-18-12-7-3-4-8-12/h2,5-6,9,12H,3-4,7-8,10H2,1H3,(H,15,16). The van der Waals surface area contributed by atoms with Gasteiger partial charge >= 0.3 is 0 Å². The second-order valence-electron chi connectivity index (χ2n) is 4.55. The number of methoxy groups -OCH3 is 1. The van der Waals surface area contributed by atoms with Gasteiger partial charge in [-0.2, -0.15) is 0 Å². The molecule has 1 saturated carbocycles. The van der Waals surface area contributed by atoms with Gasteiger partial charge in [-0.25, -0.2) is 5.48 Å². The zero-order valence-corrected chi connectivity index (χ0v) is 10.6. The summed E-state index contributed by atoms with van der Waals surface area (Å²) in [7, 11) is 1.61. The van der Waals surface area contributed by atoms with Gasteiger partial charge in [-0.05, 0) is 24.5 Å². The maximum Gasteiger partial charge on any atom is 0.275 e. The van der Waals surface area contributed by atoms with Crippen molar-refractivity contribution in [1.82, 2.24) is 5.48 Å². The van der Waals surface area contributed by atoms with Gasteiger partial charge in [0.25, 0.3) is 5.91 Å². The quantitative estimate of drug-likeness (QED) is 0.815. The van der Waals surface area contributed by atoms with E-state index in [9.17, 15) is 4.79 Å². The normalized spacial score (nSPS) is 15.8. The summed E-state index contributed by atoms with van der Waals surface area (Å²) in [5.41, 5.74) is 4.02. The Morgan fingerprint density at radius 1 is 1.33 bits per heavy atom. The number of hydroxylamine groups is 1. The highest BCUT2D eigenvalue weighted by Gasteiger charge is 2.18. The average Bonchev–Trinajstić information content (AvgIpc) is 2.90. The topological polar surface area (TPSA) is 47.6 Å². The Hall–Kier alpha value is -1.39. The molecular formula is C14H19NO3. The van der Waals surface area contributed by atoms with Crippen LogP contribution in [0.5, 0.6) is 0 Å². The number of nitrogens with one attached hydrogen (secondary N) is 1. The summed E-state index contributed by atoms with van der Waals surface area (Å²) in [6, 6.07) is 7.39. The van der Waals surface area contributed by atoms with Crippen LogP contribution in [-0.2, 0) is 16.2 Å². The first-order valence-electron chi connectivity index (χ1n) is 6.34. The van der Waals surface area contributed by atoms with Crippen LogP contribution in [0.2, 0.25) is 0 Å². The van der Waals surface area contributed by atoms with Gasteiger partial charge in [0, 0.05) is 12.7 Å². The number of carbonyl (C=O) groups excluding carboxylic acids is 1. The molecule has 0 radical (unpaired) electrons. The SMILES string of the molecule is COCc1ccccc1C(=O)NOC1CCCC1. The number of amides is 1.